The van der Waals surface area contributed by atoms with Gasteiger partial charge in [0.25, 0.3) is 11.5 Å². The maximum atomic E-state index is 12.5. The van der Waals surface area contributed by atoms with Gasteiger partial charge in [-0.15, -0.1) is 0 Å². The van der Waals surface area contributed by atoms with Crippen LogP contribution in [0.1, 0.15) is 36.8 Å². The van der Waals surface area contributed by atoms with Crippen LogP contribution in [0.2, 0.25) is 0 Å². The first-order valence-corrected chi connectivity index (χ1v) is 8.55. The van der Waals surface area contributed by atoms with E-state index < -0.39 is 5.91 Å². The summed E-state index contributed by atoms with van der Waals surface area (Å²) in [6, 6.07) is 14.2. The summed E-state index contributed by atoms with van der Waals surface area (Å²) in [6.07, 6.45) is 0.101. The van der Waals surface area contributed by atoms with Gasteiger partial charge in [0.15, 0.2) is 5.69 Å². The van der Waals surface area contributed by atoms with Crippen LogP contribution in [0.3, 0.4) is 0 Å². The number of carbonyl (C=O) groups excluding carboxylic acids is 1. The summed E-state index contributed by atoms with van der Waals surface area (Å²) in [4.78, 5) is 24.3. The maximum absolute atomic E-state index is 12.5. The third-order valence-electron chi connectivity index (χ3n) is 3.88. The fourth-order valence-electron chi connectivity index (χ4n) is 2.59. The molecule has 3 rings (SSSR count). The van der Waals surface area contributed by atoms with Crippen LogP contribution in [0.4, 0.5) is 0 Å². The number of hydrogen-bond donors (Lipinski definition) is 2. The Kier molecular flexibility index (Phi) is 5.30. The molecule has 1 amide bonds. The Balaban J connectivity index is 1.78. The van der Waals surface area contributed by atoms with E-state index in [0.717, 1.165) is 11.3 Å². The fraction of sp³-hybridized carbons (Fsp3) is 0.200. The predicted octanol–water partition coefficient (Wildman–Crippen LogP) is 2.86. The first-order chi connectivity index (χ1) is 13.0. The van der Waals surface area contributed by atoms with E-state index in [2.05, 4.69) is 20.7 Å². The van der Waals surface area contributed by atoms with Crippen molar-refractivity contribution >= 4 is 22.4 Å². The summed E-state index contributed by atoms with van der Waals surface area (Å²) in [5, 5.41) is 11.2. The van der Waals surface area contributed by atoms with Crippen molar-refractivity contribution in [3.63, 3.8) is 0 Å². The molecule has 7 heteroatoms. The minimum Gasteiger partial charge on any atom is -0.491 e. The number of H-pyrrole nitrogens is 1. The third-order valence-corrected chi connectivity index (χ3v) is 3.88. The van der Waals surface area contributed by atoms with Crippen molar-refractivity contribution < 1.29 is 9.53 Å². The number of hydrazone groups is 1. The summed E-state index contributed by atoms with van der Waals surface area (Å²) in [5.41, 5.74) is 3.75. The number of carbonyl (C=O) groups is 1. The van der Waals surface area contributed by atoms with Crippen molar-refractivity contribution in [1.29, 1.82) is 0 Å². The Morgan fingerprint density at radius 3 is 2.44 bits per heavy atom. The Morgan fingerprint density at radius 1 is 1.11 bits per heavy atom. The number of amides is 1. The number of benzene rings is 2. The normalized spacial score (nSPS) is 11.6. The number of aromatic amines is 1. The molecule has 1 aromatic heterocycles. The highest BCUT2D eigenvalue weighted by Crippen LogP contribution is 2.15. The molecule has 1 heterocycles. The number of hydrogen-bond acceptors (Lipinski definition) is 5. The van der Waals surface area contributed by atoms with Gasteiger partial charge < -0.3 is 4.74 Å². The second kappa shape index (κ2) is 7.82. The molecule has 0 bridgehead atoms. The first kappa shape index (κ1) is 18.3. The number of nitrogens with one attached hydrogen (secondary N) is 2. The molecule has 3 aromatic rings. The average molecular weight is 364 g/mol. The Labute approximate surface area is 156 Å². The quantitative estimate of drug-likeness (QED) is 0.537. The summed E-state index contributed by atoms with van der Waals surface area (Å²) in [6.45, 7) is 5.71. The highest BCUT2D eigenvalue weighted by atomic mass is 16.5. The predicted molar refractivity (Wildman–Crippen MR) is 104 cm³/mol. The lowest BCUT2D eigenvalue weighted by Gasteiger charge is -2.10. The van der Waals surface area contributed by atoms with Crippen LogP contribution in [-0.4, -0.2) is 27.9 Å². The van der Waals surface area contributed by atoms with E-state index in [1.165, 1.54) is 0 Å². The lowest BCUT2D eigenvalue weighted by Crippen LogP contribution is -2.23. The van der Waals surface area contributed by atoms with Crippen LogP contribution in [0.25, 0.3) is 10.8 Å². The molecule has 0 radical (unpaired) electrons. The second-order valence-electron chi connectivity index (χ2n) is 6.28. The van der Waals surface area contributed by atoms with Gasteiger partial charge in [-0.05, 0) is 56.7 Å². The number of ether oxygens (including phenoxy) is 1. The van der Waals surface area contributed by atoms with Crippen LogP contribution in [0.5, 0.6) is 5.75 Å². The first-order valence-electron chi connectivity index (χ1n) is 8.55. The van der Waals surface area contributed by atoms with Crippen LogP contribution in [0.15, 0.2) is 58.4 Å². The molecule has 0 spiro atoms. The molecule has 7 nitrogen and oxygen atoms in total. The molecule has 27 heavy (non-hydrogen) atoms. The van der Waals surface area contributed by atoms with Gasteiger partial charge in [0.2, 0.25) is 0 Å². The van der Waals surface area contributed by atoms with Gasteiger partial charge in [-0.2, -0.15) is 10.2 Å². The van der Waals surface area contributed by atoms with E-state index in [1.807, 2.05) is 38.1 Å². The molecule has 2 aromatic carbocycles. The molecular formula is C20H20N4O3. The highest BCUT2D eigenvalue weighted by molar-refractivity contribution is 6.06. The number of fused-ring (bicyclic) bond motifs is 1. The fourth-order valence-corrected chi connectivity index (χ4v) is 2.59. The van der Waals surface area contributed by atoms with Gasteiger partial charge >= 0.3 is 0 Å². The minimum atomic E-state index is -0.499. The van der Waals surface area contributed by atoms with E-state index in [4.69, 9.17) is 4.74 Å². The number of aromatic nitrogens is 2. The van der Waals surface area contributed by atoms with E-state index in [1.54, 1.807) is 31.2 Å². The Hall–Kier alpha value is -3.48. The standard InChI is InChI=1S/C20H20N4O3/c1-12(2)27-15-10-8-14(9-11-15)13(3)21-24-20(26)18-16-6-4-5-7-17(16)19(25)23-22-18/h4-12H,1-3H3,(H,23,25)(H,24,26)/b21-13-. The molecule has 0 aliphatic rings. The smallest absolute Gasteiger partial charge is 0.292 e. The minimum absolute atomic E-state index is 0.101. The lowest BCUT2D eigenvalue weighted by atomic mass is 10.1. The van der Waals surface area contributed by atoms with Crippen molar-refractivity contribution in [1.82, 2.24) is 15.6 Å². The van der Waals surface area contributed by atoms with Crippen LogP contribution in [-0.2, 0) is 0 Å². The van der Waals surface area contributed by atoms with Crippen molar-refractivity contribution in [2.24, 2.45) is 5.10 Å². The Bertz CT molecular complexity index is 1050. The van der Waals surface area contributed by atoms with Crippen molar-refractivity contribution in [2.45, 2.75) is 26.9 Å². The maximum Gasteiger partial charge on any atom is 0.292 e. The SMILES string of the molecule is C/C(=N/NC(=O)c1n[nH]c(=O)c2ccccc12)c1ccc(OC(C)C)cc1. The molecule has 0 fully saturated rings. The van der Waals surface area contributed by atoms with Gasteiger partial charge in [-0.3, -0.25) is 9.59 Å². The molecule has 0 atom stereocenters. The molecular weight excluding hydrogens is 344 g/mol. The third kappa shape index (κ3) is 4.20. The molecule has 0 aliphatic heterocycles. The Morgan fingerprint density at radius 2 is 1.78 bits per heavy atom. The van der Waals surface area contributed by atoms with Crippen molar-refractivity contribution in [2.75, 3.05) is 0 Å². The van der Waals surface area contributed by atoms with Crippen LogP contribution < -0.4 is 15.7 Å². The molecule has 0 saturated carbocycles. The molecule has 138 valence electrons. The summed E-state index contributed by atoms with van der Waals surface area (Å²) in [7, 11) is 0. The molecule has 0 unspecified atom stereocenters. The zero-order valence-corrected chi connectivity index (χ0v) is 15.3. The van der Waals surface area contributed by atoms with Gasteiger partial charge in [0, 0.05) is 5.39 Å². The highest BCUT2D eigenvalue weighted by Gasteiger charge is 2.13. The number of nitrogens with zero attached hydrogens (tertiary/aromatic N) is 2. The molecule has 0 aliphatic carbocycles. The van der Waals surface area contributed by atoms with Gasteiger partial charge in [-0.25, -0.2) is 10.5 Å². The van der Waals surface area contributed by atoms with Gasteiger partial charge in [0.05, 0.1) is 17.2 Å². The summed E-state index contributed by atoms with van der Waals surface area (Å²) >= 11 is 0. The zero-order chi connectivity index (χ0) is 19.4. The van der Waals surface area contributed by atoms with Crippen molar-refractivity contribution in [3.8, 4) is 5.75 Å². The molecule has 0 saturated heterocycles. The second-order valence-corrected chi connectivity index (χ2v) is 6.28. The number of rotatable bonds is 5. The average Bonchev–Trinajstić information content (AvgIpc) is 2.66. The van der Waals surface area contributed by atoms with E-state index >= 15 is 0 Å². The zero-order valence-electron chi connectivity index (χ0n) is 15.3. The van der Waals surface area contributed by atoms with Gasteiger partial charge in [-0.1, -0.05) is 18.2 Å². The monoisotopic (exact) mass is 364 g/mol. The van der Waals surface area contributed by atoms with Crippen LogP contribution >= 0.6 is 0 Å². The lowest BCUT2D eigenvalue weighted by molar-refractivity contribution is 0.0950. The van der Waals surface area contributed by atoms with Gasteiger partial charge in [0.1, 0.15) is 5.75 Å². The topological polar surface area (TPSA) is 96.4 Å². The van der Waals surface area contributed by atoms with E-state index in [9.17, 15) is 9.59 Å². The molecule has 2 N–H and O–H groups in total. The van der Waals surface area contributed by atoms with Crippen molar-refractivity contribution in [3.05, 3.63) is 70.1 Å². The summed E-state index contributed by atoms with van der Waals surface area (Å²) in [5.74, 6) is 0.274. The summed E-state index contributed by atoms with van der Waals surface area (Å²) < 4.78 is 5.61. The van der Waals surface area contributed by atoms with E-state index in [0.29, 0.717) is 16.5 Å². The largest absolute Gasteiger partial charge is 0.491 e. The van der Waals surface area contributed by atoms with E-state index in [-0.39, 0.29) is 17.4 Å². The van der Waals surface area contributed by atoms with Crippen LogP contribution in [0, 0.1) is 0 Å².